The van der Waals surface area contributed by atoms with Crippen molar-refractivity contribution in [3.8, 4) is 0 Å². The van der Waals surface area contributed by atoms with Gasteiger partial charge in [-0.2, -0.15) is 0 Å². The third-order valence-corrected chi connectivity index (χ3v) is 4.18. The minimum absolute atomic E-state index is 0.0967. The fraction of sp³-hybridized carbons (Fsp3) is 0.600. The molecule has 5 nitrogen and oxygen atoms in total. The van der Waals surface area contributed by atoms with Crippen LogP contribution in [0, 0.1) is 19.3 Å². The average molecular weight is 278 g/mol. The zero-order valence-electron chi connectivity index (χ0n) is 12.5. The number of carbonyl (C=O) groups excluding carboxylic acids is 1. The predicted octanol–water partition coefficient (Wildman–Crippen LogP) is 2.64. The lowest BCUT2D eigenvalue weighted by Gasteiger charge is -2.18. The molecule has 0 aromatic carbocycles. The molecule has 0 saturated heterocycles. The van der Waals surface area contributed by atoms with Crippen LogP contribution in [-0.4, -0.2) is 28.0 Å². The Kier molecular flexibility index (Phi) is 3.63. The van der Waals surface area contributed by atoms with Gasteiger partial charge >= 0.3 is 5.97 Å². The summed E-state index contributed by atoms with van der Waals surface area (Å²) < 4.78 is 0. The number of hydrogen-bond donors (Lipinski definition) is 3. The Morgan fingerprint density at radius 2 is 2.00 bits per heavy atom. The van der Waals surface area contributed by atoms with E-state index in [1.807, 2.05) is 0 Å². The molecule has 5 heteroatoms. The molecule has 20 heavy (non-hydrogen) atoms. The maximum Gasteiger partial charge on any atom is 0.352 e. The van der Waals surface area contributed by atoms with E-state index in [1.54, 1.807) is 13.8 Å². The summed E-state index contributed by atoms with van der Waals surface area (Å²) in [6.07, 6.45) is 3.05. The van der Waals surface area contributed by atoms with Gasteiger partial charge in [0, 0.05) is 11.7 Å². The van der Waals surface area contributed by atoms with Crippen LogP contribution in [0.3, 0.4) is 0 Å². The fourth-order valence-corrected chi connectivity index (χ4v) is 3.12. The minimum atomic E-state index is -1.04. The highest BCUT2D eigenvalue weighted by molar-refractivity contribution is 6.00. The number of carbonyl (C=O) groups is 2. The summed E-state index contributed by atoms with van der Waals surface area (Å²) in [6.45, 7) is 7.80. The number of carboxylic acids is 1. The van der Waals surface area contributed by atoms with Gasteiger partial charge in [0.15, 0.2) is 0 Å². The van der Waals surface area contributed by atoms with Crippen molar-refractivity contribution in [3.63, 3.8) is 0 Å². The molecule has 2 rings (SSSR count). The summed E-state index contributed by atoms with van der Waals surface area (Å²) in [5, 5.41) is 12.1. The molecule has 0 bridgehead atoms. The molecular weight excluding hydrogens is 256 g/mol. The molecule has 1 saturated carbocycles. The molecule has 1 aromatic rings. The maximum absolute atomic E-state index is 12.4. The van der Waals surface area contributed by atoms with Crippen molar-refractivity contribution in [1.29, 1.82) is 0 Å². The molecule has 1 heterocycles. The van der Waals surface area contributed by atoms with E-state index in [0.29, 0.717) is 16.8 Å². The number of aromatic carboxylic acids is 1. The van der Waals surface area contributed by atoms with Gasteiger partial charge in [-0.1, -0.05) is 13.8 Å². The molecule has 0 aliphatic heterocycles. The SMILES string of the molecule is Cc1[nH]c(C(=O)O)c(C)c1C(=O)NC1CCC(C)(C)C1. The van der Waals surface area contributed by atoms with Crippen molar-refractivity contribution in [3.05, 3.63) is 22.5 Å². The molecule has 1 aromatic heterocycles. The van der Waals surface area contributed by atoms with Crippen molar-refractivity contribution in [2.45, 2.75) is 53.0 Å². The first-order chi connectivity index (χ1) is 9.21. The number of aryl methyl sites for hydroxylation is 1. The van der Waals surface area contributed by atoms with E-state index >= 15 is 0 Å². The molecule has 110 valence electrons. The number of aromatic nitrogens is 1. The van der Waals surface area contributed by atoms with Crippen LogP contribution in [0.25, 0.3) is 0 Å². The summed E-state index contributed by atoms with van der Waals surface area (Å²) in [5.74, 6) is -1.21. The van der Waals surface area contributed by atoms with Crippen LogP contribution < -0.4 is 5.32 Å². The van der Waals surface area contributed by atoms with E-state index in [0.717, 1.165) is 19.3 Å². The Morgan fingerprint density at radius 3 is 2.45 bits per heavy atom. The zero-order valence-corrected chi connectivity index (χ0v) is 12.5. The summed E-state index contributed by atoms with van der Waals surface area (Å²) >= 11 is 0. The first-order valence-corrected chi connectivity index (χ1v) is 6.94. The summed E-state index contributed by atoms with van der Waals surface area (Å²) in [4.78, 5) is 26.2. The third kappa shape index (κ3) is 2.71. The number of H-pyrrole nitrogens is 1. The van der Waals surface area contributed by atoms with Gasteiger partial charge in [-0.05, 0) is 44.1 Å². The van der Waals surface area contributed by atoms with Crippen LogP contribution in [0.5, 0.6) is 0 Å². The predicted molar refractivity (Wildman–Crippen MR) is 76.1 cm³/mol. The molecule has 1 unspecified atom stereocenters. The number of rotatable bonds is 3. The number of carboxylic acid groups (broad SMARTS) is 1. The molecule has 1 aliphatic rings. The van der Waals surface area contributed by atoms with Crippen LogP contribution in [0.4, 0.5) is 0 Å². The van der Waals surface area contributed by atoms with Gasteiger partial charge in [0.2, 0.25) is 0 Å². The molecule has 1 fully saturated rings. The van der Waals surface area contributed by atoms with Crippen molar-refractivity contribution in [1.82, 2.24) is 10.3 Å². The molecule has 3 N–H and O–H groups in total. The lowest BCUT2D eigenvalue weighted by atomic mass is 9.92. The van der Waals surface area contributed by atoms with E-state index in [-0.39, 0.29) is 23.1 Å². The van der Waals surface area contributed by atoms with Crippen LogP contribution in [0.1, 0.15) is 65.2 Å². The number of aromatic amines is 1. The van der Waals surface area contributed by atoms with E-state index in [4.69, 9.17) is 5.11 Å². The summed E-state index contributed by atoms with van der Waals surface area (Å²) in [6, 6.07) is 0.180. The highest BCUT2D eigenvalue weighted by Crippen LogP contribution is 2.37. The van der Waals surface area contributed by atoms with Gasteiger partial charge in [-0.3, -0.25) is 4.79 Å². The van der Waals surface area contributed by atoms with Gasteiger partial charge in [0.1, 0.15) is 5.69 Å². The van der Waals surface area contributed by atoms with Crippen LogP contribution >= 0.6 is 0 Å². The number of nitrogens with one attached hydrogen (secondary N) is 2. The van der Waals surface area contributed by atoms with Gasteiger partial charge in [0.25, 0.3) is 5.91 Å². The molecule has 1 amide bonds. The minimum Gasteiger partial charge on any atom is -0.477 e. The lowest BCUT2D eigenvalue weighted by molar-refractivity contribution is 0.0690. The Labute approximate surface area is 118 Å². The number of amides is 1. The highest BCUT2D eigenvalue weighted by Gasteiger charge is 2.32. The highest BCUT2D eigenvalue weighted by atomic mass is 16.4. The second kappa shape index (κ2) is 4.96. The second-order valence-electron chi connectivity index (χ2n) is 6.51. The molecular formula is C15H22N2O3. The van der Waals surface area contributed by atoms with Crippen LogP contribution in [-0.2, 0) is 0 Å². The van der Waals surface area contributed by atoms with Crippen LogP contribution in [0.15, 0.2) is 0 Å². The van der Waals surface area contributed by atoms with Crippen molar-refractivity contribution >= 4 is 11.9 Å². The van der Waals surface area contributed by atoms with E-state index in [1.165, 1.54) is 0 Å². The molecule has 1 atom stereocenters. The number of hydrogen-bond acceptors (Lipinski definition) is 2. The Morgan fingerprint density at radius 1 is 1.35 bits per heavy atom. The maximum atomic E-state index is 12.4. The van der Waals surface area contributed by atoms with Gasteiger partial charge in [-0.15, -0.1) is 0 Å². The van der Waals surface area contributed by atoms with E-state index < -0.39 is 5.97 Å². The Hall–Kier alpha value is -1.78. The first-order valence-electron chi connectivity index (χ1n) is 6.94. The lowest BCUT2D eigenvalue weighted by Crippen LogP contribution is -2.34. The van der Waals surface area contributed by atoms with Crippen LogP contribution in [0.2, 0.25) is 0 Å². The van der Waals surface area contributed by atoms with E-state index in [2.05, 4.69) is 24.1 Å². The monoisotopic (exact) mass is 278 g/mol. The van der Waals surface area contributed by atoms with Crippen molar-refractivity contribution in [2.24, 2.45) is 5.41 Å². The summed E-state index contributed by atoms with van der Waals surface area (Å²) in [7, 11) is 0. The zero-order chi connectivity index (χ0) is 15.1. The van der Waals surface area contributed by atoms with Crippen molar-refractivity contribution < 1.29 is 14.7 Å². The quantitative estimate of drug-likeness (QED) is 0.795. The molecule has 0 radical (unpaired) electrons. The third-order valence-electron chi connectivity index (χ3n) is 4.18. The fourth-order valence-electron chi connectivity index (χ4n) is 3.12. The van der Waals surface area contributed by atoms with Gasteiger partial charge < -0.3 is 15.4 Å². The first kappa shape index (κ1) is 14.6. The topological polar surface area (TPSA) is 82.2 Å². The Balaban J connectivity index is 2.16. The largest absolute Gasteiger partial charge is 0.477 e. The summed E-state index contributed by atoms with van der Waals surface area (Å²) in [5.41, 5.74) is 1.94. The van der Waals surface area contributed by atoms with Crippen molar-refractivity contribution in [2.75, 3.05) is 0 Å². The Bertz CT molecular complexity index is 558. The average Bonchev–Trinajstić information content (AvgIpc) is 2.79. The second-order valence-corrected chi connectivity index (χ2v) is 6.51. The van der Waals surface area contributed by atoms with E-state index in [9.17, 15) is 9.59 Å². The van der Waals surface area contributed by atoms with Gasteiger partial charge in [0.05, 0.1) is 5.56 Å². The van der Waals surface area contributed by atoms with Gasteiger partial charge in [-0.25, -0.2) is 4.79 Å². The smallest absolute Gasteiger partial charge is 0.352 e. The molecule has 0 spiro atoms. The standard InChI is InChI=1S/C15H22N2O3/c1-8-11(9(2)16-12(8)14(19)20)13(18)17-10-5-6-15(3,4)7-10/h10,16H,5-7H2,1-4H3,(H,17,18)(H,19,20). The molecule has 1 aliphatic carbocycles. The normalized spacial score (nSPS) is 20.9.